The minimum atomic E-state index is -0.529. The van der Waals surface area contributed by atoms with Gasteiger partial charge in [0.15, 0.2) is 0 Å². The fraction of sp³-hybridized carbons (Fsp3) is 0.303. The summed E-state index contributed by atoms with van der Waals surface area (Å²) in [6.45, 7) is 6.66. The summed E-state index contributed by atoms with van der Waals surface area (Å²) in [5.74, 6) is 0.820. The molecule has 0 aliphatic heterocycles. The van der Waals surface area contributed by atoms with Crippen LogP contribution in [-0.2, 0) is 11.8 Å². The highest BCUT2D eigenvalue weighted by Crippen LogP contribution is 2.29. The number of halogens is 3. The number of rotatable bonds is 15. The van der Waals surface area contributed by atoms with Crippen molar-refractivity contribution < 1.29 is 9.13 Å². The molecule has 0 bridgehead atoms. The molecule has 0 saturated heterocycles. The van der Waals surface area contributed by atoms with E-state index in [1.807, 2.05) is 67.3 Å². The first kappa shape index (κ1) is 32.3. The van der Waals surface area contributed by atoms with Gasteiger partial charge >= 0.3 is 0 Å². The van der Waals surface area contributed by atoms with Crippen molar-refractivity contribution in [1.29, 1.82) is 0 Å². The minimum Gasteiger partial charge on any atom is -0.373 e. The Balaban J connectivity index is 2.01. The molecule has 0 atom stereocenters. The molecule has 1 heterocycles. The maximum absolute atomic E-state index is 13.3. The third kappa shape index (κ3) is 11.4. The van der Waals surface area contributed by atoms with E-state index in [0.717, 1.165) is 46.6 Å². The molecule has 0 radical (unpaired) electrons. The molecule has 3 nitrogen and oxygen atoms in total. The van der Waals surface area contributed by atoms with Gasteiger partial charge in [-0.2, -0.15) is 0 Å². The topological polar surface area (TPSA) is 27.1 Å². The van der Waals surface area contributed by atoms with Crippen molar-refractivity contribution in [3.63, 3.8) is 0 Å². The summed E-state index contributed by atoms with van der Waals surface area (Å²) in [5, 5.41) is 1.16. The Kier molecular flexibility index (Phi) is 15.2. The van der Waals surface area contributed by atoms with Crippen molar-refractivity contribution in [1.82, 2.24) is 9.55 Å². The van der Waals surface area contributed by atoms with Crippen LogP contribution in [0.2, 0.25) is 10.0 Å². The van der Waals surface area contributed by atoms with Gasteiger partial charge in [-0.15, -0.1) is 0 Å². The number of hydrogen-bond acceptors (Lipinski definition) is 2. The lowest BCUT2D eigenvalue weighted by Gasteiger charge is -2.05. The van der Waals surface area contributed by atoms with E-state index >= 15 is 0 Å². The molecule has 0 saturated carbocycles. The van der Waals surface area contributed by atoms with Gasteiger partial charge in [-0.1, -0.05) is 91.7 Å². The Bertz CT molecular complexity index is 1260. The maximum atomic E-state index is 13.3. The SMILES string of the molecule is C/C=C\C(=C/CC)COC\C=C/C(=C\CF)C(/C=C\C/C=C/c1nc(-c2ccc(Cl)cc2Cl)cn1C)=C/CC. The van der Waals surface area contributed by atoms with Gasteiger partial charge in [0.05, 0.1) is 23.9 Å². The van der Waals surface area contributed by atoms with Crippen LogP contribution in [0.4, 0.5) is 4.39 Å². The first-order valence-corrected chi connectivity index (χ1v) is 14.0. The molecule has 0 aliphatic carbocycles. The molecular weight excluding hydrogens is 530 g/mol. The molecule has 0 fully saturated rings. The number of aryl methyl sites for hydroxylation is 1. The van der Waals surface area contributed by atoms with Crippen LogP contribution in [0.1, 0.15) is 45.9 Å². The van der Waals surface area contributed by atoms with Crippen molar-refractivity contribution in [3.8, 4) is 11.3 Å². The average molecular weight is 570 g/mol. The third-order valence-electron chi connectivity index (χ3n) is 5.64. The van der Waals surface area contributed by atoms with Crippen molar-refractivity contribution in [2.24, 2.45) is 7.05 Å². The Morgan fingerprint density at radius 3 is 2.44 bits per heavy atom. The zero-order chi connectivity index (χ0) is 28.5. The largest absolute Gasteiger partial charge is 0.373 e. The molecule has 0 spiro atoms. The molecule has 0 aliphatic rings. The number of benzene rings is 1. The number of imidazole rings is 1. The predicted octanol–water partition coefficient (Wildman–Crippen LogP) is 10.1. The minimum absolute atomic E-state index is 0.459. The van der Waals surface area contributed by atoms with Crippen molar-refractivity contribution in [3.05, 3.63) is 118 Å². The quantitative estimate of drug-likeness (QED) is 0.158. The molecule has 0 N–H and O–H groups in total. The average Bonchev–Trinajstić information content (AvgIpc) is 3.27. The Morgan fingerprint density at radius 2 is 1.74 bits per heavy atom. The highest BCUT2D eigenvalue weighted by molar-refractivity contribution is 6.36. The Labute approximate surface area is 243 Å². The van der Waals surface area contributed by atoms with Crippen molar-refractivity contribution in [2.75, 3.05) is 19.9 Å². The summed E-state index contributed by atoms with van der Waals surface area (Å²) < 4.78 is 21.0. The molecule has 39 heavy (non-hydrogen) atoms. The van der Waals surface area contributed by atoms with Gasteiger partial charge in [0.25, 0.3) is 0 Å². The molecule has 208 valence electrons. The second kappa shape index (κ2) is 18.4. The highest BCUT2D eigenvalue weighted by atomic mass is 35.5. The normalized spacial score (nSPS) is 13.8. The van der Waals surface area contributed by atoms with Gasteiger partial charge in [-0.25, -0.2) is 9.37 Å². The smallest absolute Gasteiger partial charge is 0.132 e. The van der Waals surface area contributed by atoms with Crippen molar-refractivity contribution >= 4 is 29.3 Å². The van der Waals surface area contributed by atoms with Crippen LogP contribution in [0, 0.1) is 0 Å². The number of aromatic nitrogens is 2. The summed E-state index contributed by atoms with van der Waals surface area (Å²) in [4.78, 5) is 4.70. The Hall–Kier alpha value is -2.92. The molecule has 0 amide bonds. The first-order chi connectivity index (χ1) is 18.9. The lowest BCUT2D eigenvalue weighted by Crippen LogP contribution is -1.97. The molecule has 1 aromatic heterocycles. The fourth-order valence-corrected chi connectivity index (χ4v) is 4.35. The van der Waals surface area contributed by atoms with Crippen LogP contribution in [-0.4, -0.2) is 29.4 Å². The number of alkyl halides is 1. The van der Waals surface area contributed by atoms with Crippen LogP contribution in [0.5, 0.6) is 0 Å². The Morgan fingerprint density at radius 1 is 1.00 bits per heavy atom. The van der Waals surface area contributed by atoms with Crippen LogP contribution in [0.15, 0.2) is 102 Å². The van der Waals surface area contributed by atoms with E-state index in [9.17, 15) is 4.39 Å². The van der Waals surface area contributed by atoms with Crippen LogP contribution >= 0.6 is 23.2 Å². The summed E-state index contributed by atoms with van der Waals surface area (Å²) >= 11 is 12.4. The number of nitrogens with zero attached hydrogens (tertiary/aromatic N) is 2. The fourth-order valence-electron chi connectivity index (χ4n) is 3.85. The van der Waals surface area contributed by atoms with E-state index in [1.54, 1.807) is 18.2 Å². The first-order valence-electron chi connectivity index (χ1n) is 13.3. The van der Waals surface area contributed by atoms with E-state index in [0.29, 0.717) is 29.7 Å². The van der Waals surface area contributed by atoms with Crippen LogP contribution in [0.3, 0.4) is 0 Å². The zero-order valence-corrected chi connectivity index (χ0v) is 24.9. The van der Waals surface area contributed by atoms with Crippen LogP contribution < -0.4 is 0 Å². The van der Waals surface area contributed by atoms with Gasteiger partial charge in [0.1, 0.15) is 12.5 Å². The maximum Gasteiger partial charge on any atom is 0.132 e. The second-order valence-electron chi connectivity index (χ2n) is 8.75. The molecule has 2 aromatic rings. The van der Waals surface area contributed by atoms with Gasteiger partial charge < -0.3 is 9.30 Å². The molecule has 2 rings (SSSR count). The third-order valence-corrected chi connectivity index (χ3v) is 6.19. The van der Waals surface area contributed by atoms with Crippen LogP contribution in [0.25, 0.3) is 17.3 Å². The van der Waals surface area contributed by atoms with E-state index in [-0.39, 0.29) is 0 Å². The summed E-state index contributed by atoms with van der Waals surface area (Å²) in [5.41, 5.74) is 4.61. The molecular formula is C33H39Cl2FN2O. The van der Waals surface area contributed by atoms with Crippen molar-refractivity contribution in [2.45, 2.75) is 40.0 Å². The van der Waals surface area contributed by atoms with E-state index in [4.69, 9.17) is 32.9 Å². The van der Waals surface area contributed by atoms with E-state index < -0.39 is 6.67 Å². The standard InChI is InChI=1S/C33H39Cl2FN2O/c1-5-12-26(13-6-2)25-39-22-11-16-28(20-21-36)27(14-7-3)15-9-8-10-17-33-37-32(24-38(33)4)30-19-18-29(34)23-31(30)35/h5,9-20,23-24H,6-8,21-22,25H2,1-4H3/b12-5-,15-9-,16-11-,17-10+,26-13+,27-14+,28-20+. The lowest BCUT2D eigenvalue weighted by molar-refractivity contribution is 0.189. The predicted molar refractivity (Wildman–Crippen MR) is 167 cm³/mol. The molecule has 1 aromatic carbocycles. The number of hydrogen-bond donors (Lipinski definition) is 0. The lowest BCUT2D eigenvalue weighted by atomic mass is 10.0. The van der Waals surface area contributed by atoms with Gasteiger partial charge in [0, 0.05) is 23.8 Å². The van der Waals surface area contributed by atoms with E-state index in [1.165, 1.54) is 0 Å². The number of allylic oxidation sites excluding steroid dienone is 10. The van der Waals surface area contributed by atoms with Gasteiger partial charge in [-0.3, -0.25) is 0 Å². The molecule has 6 heteroatoms. The second-order valence-corrected chi connectivity index (χ2v) is 9.59. The van der Waals surface area contributed by atoms with Gasteiger partial charge in [0.2, 0.25) is 0 Å². The summed E-state index contributed by atoms with van der Waals surface area (Å²) in [6.07, 6.45) is 26.4. The van der Waals surface area contributed by atoms with E-state index in [2.05, 4.69) is 38.2 Å². The summed E-state index contributed by atoms with van der Waals surface area (Å²) in [6, 6.07) is 5.39. The molecule has 0 unspecified atom stereocenters. The highest BCUT2D eigenvalue weighted by Gasteiger charge is 2.09. The van der Waals surface area contributed by atoms with Gasteiger partial charge in [-0.05, 0) is 73.3 Å². The number of ether oxygens (including phenoxy) is 1. The zero-order valence-electron chi connectivity index (χ0n) is 23.3. The monoisotopic (exact) mass is 568 g/mol. The summed E-state index contributed by atoms with van der Waals surface area (Å²) in [7, 11) is 1.95.